The van der Waals surface area contributed by atoms with Crippen molar-refractivity contribution in [3.63, 3.8) is 0 Å². The summed E-state index contributed by atoms with van der Waals surface area (Å²) in [5.41, 5.74) is 10.5. The maximum atomic E-state index is 2.48. The van der Waals surface area contributed by atoms with Gasteiger partial charge in [0.05, 0.1) is 22.1 Å². The monoisotopic (exact) mass is 699 g/mol. The van der Waals surface area contributed by atoms with Crippen LogP contribution in [-0.2, 0) is 0 Å². The molecule has 256 valence electrons. The fourth-order valence-electron chi connectivity index (χ4n) is 9.32. The molecule has 10 aromatic carbocycles. The minimum absolute atomic E-state index is 1.11. The Kier molecular flexibility index (Phi) is 6.34. The average Bonchev–Trinajstić information content (AvgIpc) is 3.77. The molecule has 0 aliphatic rings. The van der Waals surface area contributed by atoms with E-state index in [1.807, 2.05) is 0 Å². The van der Waals surface area contributed by atoms with Gasteiger partial charge in [0.15, 0.2) is 0 Å². The van der Waals surface area contributed by atoms with E-state index < -0.39 is 0 Å². The van der Waals surface area contributed by atoms with Crippen LogP contribution in [0.3, 0.4) is 0 Å². The summed E-state index contributed by atoms with van der Waals surface area (Å²) in [6.45, 7) is 0. The van der Waals surface area contributed by atoms with Crippen LogP contribution in [0.1, 0.15) is 0 Å². The fraction of sp³-hybridized carbons (Fsp3) is 0. The highest BCUT2D eigenvalue weighted by molar-refractivity contribution is 6.39. The highest BCUT2D eigenvalue weighted by Gasteiger charge is 2.24. The van der Waals surface area contributed by atoms with Crippen LogP contribution in [0, 0.1) is 0 Å². The van der Waals surface area contributed by atoms with Crippen LogP contribution in [0.25, 0.3) is 87.3 Å². The molecule has 0 bridgehead atoms. The number of hydrogen-bond donors (Lipinski definition) is 0. The Bertz CT molecular complexity index is 3360. The third kappa shape index (κ3) is 4.32. The van der Waals surface area contributed by atoms with Crippen molar-refractivity contribution in [1.29, 1.82) is 0 Å². The van der Waals surface area contributed by atoms with Gasteiger partial charge in [0.2, 0.25) is 0 Å². The van der Waals surface area contributed by atoms with E-state index in [1.54, 1.807) is 0 Å². The molecule has 2 aromatic heterocycles. The molecule has 3 heteroatoms. The summed E-state index contributed by atoms with van der Waals surface area (Å²) in [5.74, 6) is 0. The van der Waals surface area contributed by atoms with Crippen molar-refractivity contribution in [2.24, 2.45) is 0 Å². The smallest absolute Gasteiger partial charge is 0.0549 e. The Morgan fingerprint density at radius 3 is 1.16 bits per heavy atom. The van der Waals surface area contributed by atoms with E-state index in [1.165, 1.54) is 75.9 Å². The molecule has 0 fully saturated rings. The Morgan fingerprint density at radius 2 is 0.673 bits per heavy atom. The lowest BCUT2D eigenvalue weighted by Crippen LogP contribution is -2.09. The summed E-state index contributed by atoms with van der Waals surface area (Å²) >= 11 is 0. The van der Waals surface area contributed by atoms with Crippen molar-refractivity contribution in [3.8, 4) is 11.4 Å². The van der Waals surface area contributed by atoms with E-state index in [0.29, 0.717) is 0 Å². The summed E-state index contributed by atoms with van der Waals surface area (Å²) in [6, 6.07) is 73.1. The van der Waals surface area contributed by atoms with E-state index in [9.17, 15) is 0 Å². The number of anilines is 3. The van der Waals surface area contributed by atoms with Gasteiger partial charge in [-0.05, 0) is 129 Å². The summed E-state index contributed by atoms with van der Waals surface area (Å²) in [6.07, 6.45) is 0. The van der Waals surface area contributed by atoms with Crippen molar-refractivity contribution < 1.29 is 0 Å². The highest BCUT2D eigenvalue weighted by atomic mass is 15.1. The van der Waals surface area contributed by atoms with Crippen molar-refractivity contribution in [1.82, 2.24) is 9.13 Å². The normalized spacial score (nSPS) is 12.0. The lowest BCUT2D eigenvalue weighted by Gasteiger charge is -2.25. The second-order valence-electron chi connectivity index (χ2n) is 14.5. The summed E-state index contributed by atoms with van der Waals surface area (Å²) in [4.78, 5) is 2.32. The first-order valence-electron chi connectivity index (χ1n) is 18.9. The van der Waals surface area contributed by atoms with Crippen LogP contribution in [0.5, 0.6) is 0 Å². The molecule has 0 saturated carbocycles. The molecule has 0 atom stereocenters. The number of rotatable bonds is 5. The molecular formula is C52H33N3. The first kappa shape index (κ1) is 30.1. The molecular weight excluding hydrogens is 667 g/mol. The standard InChI is InChI=1S/C52H33N3/c1-4-16-36(17-5-1)53(37-18-6-2-7-19-37)39-26-28-40(29-27-39)55-46-25-13-23-42-44-33-35-15-11-10-14-34(35)32-43(44)41-22-12-24-45-49(41)51-47(30-31-48(55)52(51)50(42)46)54(45)38-20-8-3-9-21-38/h1-33H. The van der Waals surface area contributed by atoms with Gasteiger partial charge in [-0.2, -0.15) is 0 Å². The second-order valence-corrected chi connectivity index (χ2v) is 14.5. The zero-order chi connectivity index (χ0) is 36.0. The van der Waals surface area contributed by atoms with E-state index in [2.05, 4.69) is 214 Å². The highest BCUT2D eigenvalue weighted by Crippen LogP contribution is 2.48. The number of aromatic nitrogens is 2. The molecule has 2 heterocycles. The Labute approximate surface area is 317 Å². The molecule has 0 saturated heterocycles. The van der Waals surface area contributed by atoms with Crippen LogP contribution >= 0.6 is 0 Å². The Morgan fingerprint density at radius 1 is 0.273 bits per heavy atom. The van der Waals surface area contributed by atoms with Gasteiger partial charge in [-0.25, -0.2) is 0 Å². The molecule has 0 aliphatic carbocycles. The van der Waals surface area contributed by atoms with Crippen molar-refractivity contribution in [2.75, 3.05) is 4.90 Å². The van der Waals surface area contributed by atoms with Crippen molar-refractivity contribution >= 4 is 93.0 Å². The molecule has 0 amide bonds. The molecule has 0 spiro atoms. The molecule has 12 aromatic rings. The van der Waals surface area contributed by atoms with Crippen LogP contribution in [-0.4, -0.2) is 9.13 Å². The van der Waals surface area contributed by atoms with Crippen LogP contribution in [0.4, 0.5) is 17.1 Å². The number of benzene rings is 9. The maximum Gasteiger partial charge on any atom is 0.0549 e. The number of fused-ring (bicyclic) bond motifs is 4. The first-order valence-corrected chi connectivity index (χ1v) is 18.9. The largest absolute Gasteiger partial charge is 0.311 e. The predicted octanol–water partition coefficient (Wildman–Crippen LogP) is 14.2. The molecule has 0 unspecified atom stereocenters. The van der Waals surface area contributed by atoms with Gasteiger partial charge in [-0.3, -0.25) is 0 Å². The summed E-state index contributed by atoms with van der Waals surface area (Å²) < 4.78 is 4.94. The molecule has 3 nitrogen and oxygen atoms in total. The molecule has 55 heavy (non-hydrogen) atoms. The third-order valence-electron chi connectivity index (χ3n) is 11.6. The average molecular weight is 700 g/mol. The minimum atomic E-state index is 1.11. The first-order chi connectivity index (χ1) is 27.3. The summed E-state index contributed by atoms with van der Waals surface area (Å²) in [7, 11) is 0. The maximum absolute atomic E-state index is 2.48. The van der Waals surface area contributed by atoms with E-state index in [-0.39, 0.29) is 0 Å². The predicted molar refractivity (Wildman–Crippen MR) is 234 cm³/mol. The van der Waals surface area contributed by atoms with E-state index in [0.717, 1.165) is 28.4 Å². The lowest BCUT2D eigenvalue weighted by molar-refractivity contribution is 1.17. The number of para-hydroxylation sites is 3. The zero-order valence-corrected chi connectivity index (χ0v) is 29.9. The van der Waals surface area contributed by atoms with Gasteiger partial charge in [-0.1, -0.05) is 103 Å². The molecule has 12 rings (SSSR count). The van der Waals surface area contributed by atoms with Gasteiger partial charge in [0, 0.05) is 50.0 Å². The quantitative estimate of drug-likeness (QED) is 0.174. The second kappa shape index (κ2) is 11.6. The van der Waals surface area contributed by atoms with Gasteiger partial charge in [0.1, 0.15) is 0 Å². The van der Waals surface area contributed by atoms with Gasteiger partial charge >= 0.3 is 0 Å². The third-order valence-corrected chi connectivity index (χ3v) is 11.6. The Balaban J connectivity index is 1.21. The van der Waals surface area contributed by atoms with Gasteiger partial charge < -0.3 is 14.0 Å². The van der Waals surface area contributed by atoms with Crippen molar-refractivity contribution in [3.05, 3.63) is 200 Å². The van der Waals surface area contributed by atoms with Crippen molar-refractivity contribution in [2.45, 2.75) is 0 Å². The van der Waals surface area contributed by atoms with Crippen LogP contribution < -0.4 is 4.90 Å². The SMILES string of the molecule is c1ccc(N(c2ccccc2)c2ccc(-n3c4cccc5c6cc7ccccc7cc6c6cccc7c6c6c(c54)c3ccc6n7-c3ccccc3)cc2)cc1. The zero-order valence-electron chi connectivity index (χ0n) is 29.9. The number of hydrogen-bond acceptors (Lipinski definition) is 1. The topological polar surface area (TPSA) is 13.1 Å². The van der Waals surface area contributed by atoms with E-state index in [4.69, 9.17) is 0 Å². The molecule has 0 aliphatic heterocycles. The Hall–Kier alpha value is -7.36. The van der Waals surface area contributed by atoms with Gasteiger partial charge in [0.25, 0.3) is 0 Å². The lowest BCUT2D eigenvalue weighted by atomic mass is 9.93. The molecule has 0 N–H and O–H groups in total. The van der Waals surface area contributed by atoms with Crippen LogP contribution in [0.2, 0.25) is 0 Å². The fourth-order valence-corrected chi connectivity index (χ4v) is 9.32. The van der Waals surface area contributed by atoms with E-state index >= 15 is 0 Å². The molecule has 0 radical (unpaired) electrons. The van der Waals surface area contributed by atoms with Crippen LogP contribution in [0.15, 0.2) is 200 Å². The van der Waals surface area contributed by atoms with Gasteiger partial charge in [-0.15, -0.1) is 0 Å². The number of nitrogens with zero attached hydrogens (tertiary/aromatic N) is 3. The minimum Gasteiger partial charge on any atom is -0.311 e. The summed E-state index contributed by atoms with van der Waals surface area (Å²) in [5, 5.41) is 12.8.